The summed E-state index contributed by atoms with van der Waals surface area (Å²) in [6.45, 7) is 4.14. The smallest absolute Gasteiger partial charge is 0.236 e. The lowest BCUT2D eigenvalue weighted by Crippen LogP contribution is -2.18. The predicted octanol–water partition coefficient (Wildman–Crippen LogP) is 4.19. The van der Waals surface area contributed by atoms with Crippen molar-refractivity contribution in [1.29, 1.82) is 0 Å². The number of amides is 2. The van der Waals surface area contributed by atoms with E-state index in [0.717, 1.165) is 11.3 Å². The van der Waals surface area contributed by atoms with Gasteiger partial charge in [0.1, 0.15) is 0 Å². The van der Waals surface area contributed by atoms with Crippen molar-refractivity contribution in [2.45, 2.75) is 13.8 Å². The fourth-order valence-corrected chi connectivity index (χ4v) is 4.09. The number of nitrogens with zero attached hydrogens (tertiary/aromatic N) is 2. The summed E-state index contributed by atoms with van der Waals surface area (Å²) in [5.74, 6) is 0.0276. The Kier molecular flexibility index (Phi) is 6.59. The third kappa shape index (κ3) is 5.62. The van der Waals surface area contributed by atoms with Gasteiger partial charge in [0, 0.05) is 22.5 Å². The summed E-state index contributed by atoms with van der Waals surface area (Å²) in [6, 6.07) is 6.18. The molecule has 0 radical (unpaired) electrons. The zero-order valence-electron chi connectivity index (χ0n) is 14.8. The van der Waals surface area contributed by atoms with Crippen molar-refractivity contribution in [3.8, 4) is 11.3 Å². The summed E-state index contributed by atoms with van der Waals surface area (Å²) in [5.41, 5.74) is 4.31. The summed E-state index contributed by atoms with van der Waals surface area (Å²) in [6.07, 6.45) is 1.63. The van der Waals surface area contributed by atoms with Crippen LogP contribution < -0.4 is 10.6 Å². The molecule has 6 nitrogen and oxygen atoms in total. The van der Waals surface area contributed by atoms with E-state index in [1.807, 2.05) is 11.4 Å². The van der Waals surface area contributed by atoms with E-state index in [9.17, 15) is 9.59 Å². The zero-order valence-corrected chi connectivity index (χ0v) is 17.3. The molecule has 27 heavy (non-hydrogen) atoms. The van der Waals surface area contributed by atoms with Gasteiger partial charge in [-0.15, -0.1) is 34.4 Å². The summed E-state index contributed by atoms with van der Waals surface area (Å²) < 4.78 is 0. The summed E-state index contributed by atoms with van der Waals surface area (Å²) in [5, 5.41) is 10.3. The molecule has 140 valence electrons. The number of nitrogens with one attached hydrogen (secondary N) is 2. The van der Waals surface area contributed by atoms with E-state index in [1.54, 1.807) is 11.6 Å². The molecule has 2 amide bonds. The lowest BCUT2D eigenvalue weighted by atomic mass is 10.1. The first-order chi connectivity index (χ1) is 13.0. The second-order valence-corrected chi connectivity index (χ2v) is 8.50. The van der Waals surface area contributed by atoms with Gasteiger partial charge in [-0.1, -0.05) is 12.1 Å². The molecule has 0 aliphatic rings. The van der Waals surface area contributed by atoms with Crippen LogP contribution in [0.5, 0.6) is 0 Å². The molecule has 0 atom stereocenters. The van der Waals surface area contributed by atoms with Crippen LogP contribution in [0.15, 0.2) is 35.2 Å². The van der Waals surface area contributed by atoms with Crippen molar-refractivity contribution in [3.63, 3.8) is 0 Å². The van der Waals surface area contributed by atoms with Gasteiger partial charge in [0.05, 0.1) is 17.2 Å². The molecule has 3 rings (SSSR count). The third-order valence-corrected chi connectivity index (χ3v) is 6.08. The topological polar surface area (TPSA) is 84.0 Å². The average molecular weight is 419 g/mol. The maximum Gasteiger partial charge on any atom is 0.236 e. The fraction of sp³-hybridized carbons (Fsp3) is 0.222. The molecular formula is C18H18N4O2S3. The first-order valence-electron chi connectivity index (χ1n) is 8.11. The van der Waals surface area contributed by atoms with Gasteiger partial charge in [0.15, 0.2) is 10.3 Å². The SMILES string of the molecule is Cc1ccc(-c2csc(NC(=O)CSCC(=O)Nc3nccs3)n2)cc1C. The molecular weight excluding hydrogens is 400 g/mol. The van der Waals surface area contributed by atoms with Crippen LogP contribution in [0.2, 0.25) is 0 Å². The molecule has 0 saturated heterocycles. The van der Waals surface area contributed by atoms with Crippen LogP contribution in [0, 0.1) is 13.8 Å². The number of rotatable bonds is 7. The number of hydrogen-bond donors (Lipinski definition) is 2. The van der Waals surface area contributed by atoms with E-state index >= 15 is 0 Å². The van der Waals surface area contributed by atoms with Gasteiger partial charge in [0.25, 0.3) is 0 Å². The van der Waals surface area contributed by atoms with Gasteiger partial charge in [-0.25, -0.2) is 9.97 Å². The molecule has 1 aromatic carbocycles. The molecule has 0 fully saturated rings. The quantitative estimate of drug-likeness (QED) is 0.601. The van der Waals surface area contributed by atoms with Crippen molar-refractivity contribution in [3.05, 3.63) is 46.3 Å². The molecule has 0 spiro atoms. The van der Waals surface area contributed by atoms with Gasteiger partial charge in [-0.3, -0.25) is 9.59 Å². The summed E-state index contributed by atoms with van der Waals surface area (Å²) >= 11 is 3.99. The van der Waals surface area contributed by atoms with Gasteiger partial charge in [-0.05, 0) is 31.0 Å². The highest BCUT2D eigenvalue weighted by Crippen LogP contribution is 2.26. The van der Waals surface area contributed by atoms with Crippen molar-refractivity contribution < 1.29 is 9.59 Å². The van der Waals surface area contributed by atoms with Gasteiger partial charge < -0.3 is 10.6 Å². The number of benzene rings is 1. The minimum atomic E-state index is -0.178. The third-order valence-electron chi connectivity index (χ3n) is 3.70. The molecule has 2 N–H and O–H groups in total. The zero-order chi connectivity index (χ0) is 19.2. The van der Waals surface area contributed by atoms with Gasteiger partial charge in [0.2, 0.25) is 11.8 Å². The Morgan fingerprint density at radius 3 is 2.44 bits per heavy atom. The Morgan fingerprint density at radius 1 is 1.04 bits per heavy atom. The van der Waals surface area contributed by atoms with E-state index < -0.39 is 0 Å². The maximum absolute atomic E-state index is 12.0. The van der Waals surface area contributed by atoms with E-state index in [2.05, 4.69) is 46.6 Å². The first-order valence-corrected chi connectivity index (χ1v) is 11.0. The second-order valence-electron chi connectivity index (χ2n) is 5.76. The molecule has 9 heteroatoms. The highest BCUT2D eigenvalue weighted by molar-refractivity contribution is 8.00. The van der Waals surface area contributed by atoms with Crippen LogP contribution in [-0.4, -0.2) is 33.3 Å². The number of carbonyl (C=O) groups is 2. The first kappa shape index (κ1) is 19.5. The monoisotopic (exact) mass is 418 g/mol. The molecule has 0 aliphatic heterocycles. The number of aryl methyl sites for hydroxylation is 2. The van der Waals surface area contributed by atoms with Crippen LogP contribution in [-0.2, 0) is 9.59 Å². The maximum atomic E-state index is 12.0. The standard InChI is InChI=1S/C18H18N4O2S3/c1-11-3-4-13(7-12(11)2)14-8-27-18(20-14)22-16(24)10-25-9-15(23)21-17-19-5-6-26-17/h3-8H,9-10H2,1-2H3,(H,19,21,23)(H,20,22,24). The molecule has 0 saturated carbocycles. The number of hydrogen-bond acceptors (Lipinski definition) is 7. The Balaban J connectivity index is 1.46. The average Bonchev–Trinajstić information content (AvgIpc) is 3.29. The molecule has 2 aromatic heterocycles. The van der Waals surface area contributed by atoms with E-state index in [4.69, 9.17) is 0 Å². The van der Waals surface area contributed by atoms with Crippen molar-refractivity contribution >= 4 is 56.5 Å². The lowest BCUT2D eigenvalue weighted by molar-refractivity contribution is -0.114. The second kappa shape index (κ2) is 9.12. The highest BCUT2D eigenvalue weighted by atomic mass is 32.2. The lowest BCUT2D eigenvalue weighted by Gasteiger charge is -2.03. The van der Waals surface area contributed by atoms with Crippen LogP contribution in [0.25, 0.3) is 11.3 Å². The Morgan fingerprint density at radius 2 is 1.78 bits per heavy atom. The summed E-state index contributed by atoms with van der Waals surface area (Å²) in [4.78, 5) is 32.3. The van der Waals surface area contributed by atoms with Crippen LogP contribution >= 0.6 is 34.4 Å². The Bertz CT molecular complexity index is 938. The number of thiazole rings is 2. The van der Waals surface area contributed by atoms with Crippen molar-refractivity contribution in [2.75, 3.05) is 22.1 Å². The number of thioether (sulfide) groups is 1. The van der Waals surface area contributed by atoms with Gasteiger partial charge in [-0.2, -0.15) is 0 Å². The number of aromatic nitrogens is 2. The fourth-order valence-electron chi connectivity index (χ4n) is 2.20. The normalized spacial score (nSPS) is 10.6. The molecule has 2 heterocycles. The largest absolute Gasteiger partial charge is 0.301 e. The van der Waals surface area contributed by atoms with E-state index in [0.29, 0.717) is 10.3 Å². The van der Waals surface area contributed by atoms with Crippen molar-refractivity contribution in [2.24, 2.45) is 0 Å². The van der Waals surface area contributed by atoms with Crippen LogP contribution in [0.4, 0.5) is 10.3 Å². The molecule has 0 bridgehead atoms. The summed E-state index contributed by atoms with van der Waals surface area (Å²) in [7, 11) is 0. The predicted molar refractivity (Wildman–Crippen MR) is 114 cm³/mol. The number of carbonyl (C=O) groups excluding carboxylic acids is 2. The van der Waals surface area contributed by atoms with Crippen LogP contribution in [0.3, 0.4) is 0 Å². The van der Waals surface area contributed by atoms with Gasteiger partial charge >= 0.3 is 0 Å². The number of anilines is 2. The van der Waals surface area contributed by atoms with E-state index in [-0.39, 0.29) is 23.3 Å². The molecule has 0 aliphatic carbocycles. The minimum Gasteiger partial charge on any atom is -0.301 e. The Hall–Kier alpha value is -2.23. The minimum absolute atomic E-state index is 0.172. The molecule has 0 unspecified atom stereocenters. The van der Waals surface area contributed by atoms with Crippen LogP contribution in [0.1, 0.15) is 11.1 Å². The van der Waals surface area contributed by atoms with Crippen molar-refractivity contribution in [1.82, 2.24) is 9.97 Å². The molecule has 3 aromatic rings. The highest BCUT2D eigenvalue weighted by Gasteiger charge is 2.10. The Labute approximate surface area is 169 Å². The van der Waals surface area contributed by atoms with E-state index in [1.165, 1.54) is 45.6 Å².